The van der Waals surface area contributed by atoms with Gasteiger partial charge in [0.05, 0.1) is 28.3 Å². The molecule has 0 saturated carbocycles. The minimum absolute atomic E-state index is 0.112. The van der Waals surface area contributed by atoms with Crippen molar-refractivity contribution in [2.24, 2.45) is 0 Å². The summed E-state index contributed by atoms with van der Waals surface area (Å²) in [7, 11) is -2.87. The molecule has 0 amide bonds. The lowest BCUT2D eigenvalue weighted by atomic mass is 10.1. The first kappa shape index (κ1) is 16.4. The van der Waals surface area contributed by atoms with Gasteiger partial charge in [-0.05, 0) is 25.7 Å². The molecular formula is C15H24N2O3S2. The van der Waals surface area contributed by atoms with Crippen molar-refractivity contribution in [3.8, 4) is 0 Å². The molecule has 0 spiro atoms. The van der Waals surface area contributed by atoms with Crippen LogP contribution >= 0.6 is 11.3 Å². The van der Waals surface area contributed by atoms with Gasteiger partial charge in [0.2, 0.25) is 0 Å². The maximum Gasteiger partial charge on any atom is 0.151 e. The number of ether oxygens (including phenoxy) is 1. The molecule has 0 bridgehead atoms. The number of hydrogen-bond acceptors (Lipinski definition) is 6. The van der Waals surface area contributed by atoms with Gasteiger partial charge in [-0.15, -0.1) is 11.3 Å². The molecule has 1 aromatic rings. The number of aromatic nitrogens is 1. The average Bonchev–Trinajstić information content (AvgIpc) is 3.19. The van der Waals surface area contributed by atoms with E-state index in [4.69, 9.17) is 4.74 Å². The molecule has 0 N–H and O–H groups in total. The molecule has 0 unspecified atom stereocenters. The zero-order valence-corrected chi connectivity index (χ0v) is 14.7. The van der Waals surface area contributed by atoms with Crippen LogP contribution < -0.4 is 0 Å². The second-order valence-electron chi connectivity index (χ2n) is 6.21. The Morgan fingerprint density at radius 2 is 2.32 bits per heavy atom. The number of aryl methyl sites for hydroxylation is 1. The van der Waals surface area contributed by atoms with Gasteiger partial charge in [0.15, 0.2) is 9.84 Å². The first-order valence-electron chi connectivity index (χ1n) is 8.05. The van der Waals surface area contributed by atoms with Crippen LogP contribution in [0, 0.1) is 0 Å². The standard InChI is InChI=1S/C15H24N2O3S2/c1-2-15-16-12(10-21-15)8-17(9-14-4-3-6-20-14)13-5-7-22(18,19)11-13/h10,13-14H,2-9,11H2,1H3/t13-,14-/m1/s1. The van der Waals surface area contributed by atoms with E-state index in [0.717, 1.165) is 56.1 Å². The molecule has 7 heteroatoms. The number of thiazole rings is 1. The van der Waals surface area contributed by atoms with Crippen molar-refractivity contribution in [2.75, 3.05) is 24.7 Å². The minimum atomic E-state index is -2.87. The largest absolute Gasteiger partial charge is 0.377 e. The lowest BCUT2D eigenvalue weighted by Crippen LogP contribution is -2.40. The highest BCUT2D eigenvalue weighted by molar-refractivity contribution is 7.91. The number of rotatable bonds is 6. The van der Waals surface area contributed by atoms with Crippen molar-refractivity contribution < 1.29 is 13.2 Å². The SMILES string of the molecule is CCc1nc(CN(C[C@H]2CCCO2)[C@@H]2CCS(=O)(=O)C2)cs1. The van der Waals surface area contributed by atoms with Crippen LogP contribution in [0.1, 0.15) is 36.9 Å². The second-order valence-corrected chi connectivity index (χ2v) is 9.38. The molecule has 2 fully saturated rings. The highest BCUT2D eigenvalue weighted by atomic mass is 32.2. The Kier molecular flexibility index (Phi) is 5.17. The molecule has 3 heterocycles. The van der Waals surface area contributed by atoms with Crippen molar-refractivity contribution in [3.63, 3.8) is 0 Å². The zero-order valence-electron chi connectivity index (χ0n) is 13.0. The Balaban J connectivity index is 1.70. The number of nitrogens with zero attached hydrogens (tertiary/aromatic N) is 2. The van der Waals surface area contributed by atoms with E-state index in [1.54, 1.807) is 11.3 Å². The smallest absolute Gasteiger partial charge is 0.151 e. The van der Waals surface area contributed by atoms with Crippen LogP contribution in [0.15, 0.2) is 5.38 Å². The van der Waals surface area contributed by atoms with E-state index in [1.165, 1.54) is 0 Å². The van der Waals surface area contributed by atoms with Crippen LogP contribution in [0.3, 0.4) is 0 Å². The molecule has 22 heavy (non-hydrogen) atoms. The predicted octanol–water partition coefficient (Wildman–Crippen LogP) is 1.87. The maximum atomic E-state index is 11.8. The molecule has 0 aliphatic carbocycles. The fourth-order valence-electron chi connectivity index (χ4n) is 3.25. The molecule has 1 aromatic heterocycles. The Labute approximate surface area is 136 Å². The fourth-order valence-corrected chi connectivity index (χ4v) is 5.75. The first-order chi connectivity index (χ1) is 10.6. The van der Waals surface area contributed by atoms with Gasteiger partial charge in [0, 0.05) is 31.1 Å². The Morgan fingerprint density at radius 1 is 1.45 bits per heavy atom. The fraction of sp³-hybridized carbons (Fsp3) is 0.800. The van der Waals surface area contributed by atoms with Crippen LogP contribution in [0.25, 0.3) is 0 Å². The van der Waals surface area contributed by atoms with Crippen molar-refractivity contribution >= 4 is 21.2 Å². The third-order valence-corrected chi connectivity index (χ3v) is 7.25. The number of hydrogen-bond donors (Lipinski definition) is 0. The van der Waals surface area contributed by atoms with Crippen LogP contribution in [-0.2, 0) is 27.5 Å². The normalized spacial score (nSPS) is 27.7. The third-order valence-electron chi connectivity index (χ3n) is 4.45. The molecule has 0 aromatic carbocycles. The molecule has 2 aliphatic heterocycles. The van der Waals surface area contributed by atoms with E-state index < -0.39 is 9.84 Å². The topological polar surface area (TPSA) is 59.5 Å². The van der Waals surface area contributed by atoms with Crippen LogP contribution in [-0.4, -0.2) is 55.1 Å². The summed E-state index contributed by atoms with van der Waals surface area (Å²) in [4.78, 5) is 6.92. The highest BCUT2D eigenvalue weighted by Crippen LogP contribution is 2.23. The molecule has 124 valence electrons. The monoisotopic (exact) mass is 344 g/mol. The molecule has 3 rings (SSSR count). The zero-order chi connectivity index (χ0) is 15.6. The molecule has 2 saturated heterocycles. The van der Waals surface area contributed by atoms with Gasteiger partial charge in [0.25, 0.3) is 0 Å². The van der Waals surface area contributed by atoms with Crippen molar-refractivity contribution in [1.82, 2.24) is 9.88 Å². The lowest BCUT2D eigenvalue weighted by Gasteiger charge is -2.29. The molecule has 2 atom stereocenters. The summed E-state index contributed by atoms with van der Waals surface area (Å²) in [5.41, 5.74) is 1.06. The van der Waals surface area contributed by atoms with E-state index in [2.05, 4.69) is 22.2 Å². The summed E-state index contributed by atoms with van der Waals surface area (Å²) in [6, 6.07) is 0.112. The van der Waals surface area contributed by atoms with Gasteiger partial charge in [-0.2, -0.15) is 0 Å². The van der Waals surface area contributed by atoms with Crippen LogP contribution in [0.2, 0.25) is 0 Å². The highest BCUT2D eigenvalue weighted by Gasteiger charge is 2.34. The Bertz CT molecular complexity index is 594. The maximum absolute atomic E-state index is 11.8. The average molecular weight is 345 g/mol. The lowest BCUT2D eigenvalue weighted by molar-refractivity contribution is 0.0570. The Morgan fingerprint density at radius 3 is 2.91 bits per heavy atom. The van der Waals surface area contributed by atoms with Gasteiger partial charge in [-0.3, -0.25) is 4.90 Å². The molecule has 0 radical (unpaired) electrons. The summed E-state index contributed by atoms with van der Waals surface area (Å²) in [5.74, 6) is 0.599. The summed E-state index contributed by atoms with van der Waals surface area (Å²) < 4.78 is 29.4. The van der Waals surface area contributed by atoms with E-state index in [1.807, 2.05) is 0 Å². The van der Waals surface area contributed by atoms with Crippen molar-refractivity contribution in [3.05, 3.63) is 16.1 Å². The van der Waals surface area contributed by atoms with Crippen molar-refractivity contribution in [2.45, 2.75) is 51.3 Å². The Hall–Kier alpha value is -0.500. The van der Waals surface area contributed by atoms with E-state index >= 15 is 0 Å². The quantitative estimate of drug-likeness (QED) is 0.788. The van der Waals surface area contributed by atoms with E-state index in [0.29, 0.717) is 5.75 Å². The van der Waals surface area contributed by atoms with Crippen LogP contribution in [0.5, 0.6) is 0 Å². The predicted molar refractivity (Wildman–Crippen MR) is 87.9 cm³/mol. The minimum Gasteiger partial charge on any atom is -0.377 e. The van der Waals surface area contributed by atoms with Gasteiger partial charge >= 0.3 is 0 Å². The summed E-state index contributed by atoms with van der Waals surface area (Å²) in [6.45, 7) is 4.49. The van der Waals surface area contributed by atoms with Gasteiger partial charge < -0.3 is 4.74 Å². The first-order valence-corrected chi connectivity index (χ1v) is 10.7. The summed E-state index contributed by atoms with van der Waals surface area (Å²) >= 11 is 1.69. The third kappa shape index (κ3) is 4.07. The summed E-state index contributed by atoms with van der Waals surface area (Å²) in [6.07, 6.45) is 4.12. The van der Waals surface area contributed by atoms with E-state index in [-0.39, 0.29) is 17.9 Å². The molecule has 5 nitrogen and oxygen atoms in total. The van der Waals surface area contributed by atoms with E-state index in [9.17, 15) is 8.42 Å². The van der Waals surface area contributed by atoms with Crippen LogP contribution in [0.4, 0.5) is 0 Å². The molecular weight excluding hydrogens is 320 g/mol. The van der Waals surface area contributed by atoms with Gasteiger partial charge in [-0.25, -0.2) is 13.4 Å². The van der Waals surface area contributed by atoms with Crippen molar-refractivity contribution in [1.29, 1.82) is 0 Å². The van der Waals surface area contributed by atoms with Gasteiger partial charge in [-0.1, -0.05) is 6.92 Å². The number of sulfone groups is 1. The molecule has 2 aliphatic rings. The summed E-state index contributed by atoms with van der Waals surface area (Å²) in [5, 5.41) is 3.25. The second kappa shape index (κ2) is 6.95. The van der Waals surface area contributed by atoms with Gasteiger partial charge in [0.1, 0.15) is 0 Å².